The summed E-state index contributed by atoms with van der Waals surface area (Å²) in [4.78, 5) is 16.1. The van der Waals surface area contributed by atoms with Gasteiger partial charge in [-0.05, 0) is 30.5 Å². The molecule has 2 rings (SSSR count). The minimum Gasteiger partial charge on any atom is -0.322 e. The van der Waals surface area contributed by atoms with E-state index in [0.29, 0.717) is 10.6 Å². The number of carbonyl (C=O) groups excluding carboxylic acids is 1. The predicted octanol–water partition coefficient (Wildman–Crippen LogP) is 3.33. The highest BCUT2D eigenvalue weighted by atomic mass is 32.2. The van der Waals surface area contributed by atoms with Crippen molar-refractivity contribution in [2.45, 2.75) is 5.03 Å². The van der Waals surface area contributed by atoms with Gasteiger partial charge in [0.25, 0.3) is 5.91 Å². The Bertz CT molecular complexity index is 599. The summed E-state index contributed by atoms with van der Waals surface area (Å²) in [5.41, 5.74) is 0.429. The van der Waals surface area contributed by atoms with Crippen LogP contribution in [0.1, 0.15) is 10.4 Å². The molecule has 0 radical (unpaired) electrons. The largest absolute Gasteiger partial charge is 0.322 e. The number of aromatic nitrogens is 1. The maximum atomic E-state index is 13.0. The first-order chi connectivity index (χ1) is 9.10. The first-order valence-corrected chi connectivity index (χ1v) is 6.59. The zero-order valence-corrected chi connectivity index (χ0v) is 10.8. The molecule has 19 heavy (non-hydrogen) atoms. The number of amides is 1. The highest BCUT2D eigenvalue weighted by Gasteiger charge is 2.12. The molecule has 1 heterocycles. The normalized spacial score (nSPS) is 10.3. The van der Waals surface area contributed by atoms with Crippen molar-refractivity contribution in [3.05, 3.63) is 53.7 Å². The van der Waals surface area contributed by atoms with Crippen molar-refractivity contribution in [2.75, 3.05) is 11.6 Å². The molecule has 1 aromatic heterocycles. The molecule has 2 aromatic rings. The van der Waals surface area contributed by atoms with Gasteiger partial charge in [0.2, 0.25) is 0 Å². The van der Waals surface area contributed by atoms with Crippen LogP contribution in [0, 0.1) is 11.6 Å². The lowest BCUT2D eigenvalue weighted by molar-refractivity contribution is 0.102. The van der Waals surface area contributed by atoms with Crippen LogP contribution in [0.2, 0.25) is 0 Å². The zero-order chi connectivity index (χ0) is 13.8. The fourth-order valence-corrected chi connectivity index (χ4v) is 2.10. The number of halogens is 2. The summed E-state index contributed by atoms with van der Waals surface area (Å²) < 4.78 is 26.0. The summed E-state index contributed by atoms with van der Waals surface area (Å²) in [6, 6.07) is 6.07. The number of hydrogen-bond acceptors (Lipinski definition) is 3. The highest BCUT2D eigenvalue weighted by molar-refractivity contribution is 7.98. The van der Waals surface area contributed by atoms with E-state index in [0.717, 1.165) is 18.2 Å². The van der Waals surface area contributed by atoms with Gasteiger partial charge in [-0.15, -0.1) is 11.8 Å². The van der Waals surface area contributed by atoms with E-state index in [4.69, 9.17) is 0 Å². The Hall–Kier alpha value is -1.95. The molecule has 0 aliphatic rings. The zero-order valence-electron chi connectivity index (χ0n) is 9.98. The van der Waals surface area contributed by atoms with Gasteiger partial charge in [-0.1, -0.05) is 0 Å². The van der Waals surface area contributed by atoms with Gasteiger partial charge in [-0.2, -0.15) is 0 Å². The van der Waals surface area contributed by atoms with E-state index in [1.807, 2.05) is 0 Å². The number of nitrogens with one attached hydrogen (secondary N) is 1. The van der Waals surface area contributed by atoms with Crippen LogP contribution in [0.4, 0.5) is 14.5 Å². The maximum absolute atomic E-state index is 13.0. The third-order valence-electron chi connectivity index (χ3n) is 2.33. The first kappa shape index (κ1) is 13.5. The monoisotopic (exact) mass is 280 g/mol. The number of anilines is 1. The van der Waals surface area contributed by atoms with Crippen molar-refractivity contribution in [1.82, 2.24) is 4.98 Å². The van der Waals surface area contributed by atoms with E-state index in [1.165, 1.54) is 11.8 Å². The molecular weight excluding hydrogens is 270 g/mol. The Kier molecular flexibility index (Phi) is 4.11. The molecule has 0 saturated carbocycles. The van der Waals surface area contributed by atoms with Gasteiger partial charge in [-0.3, -0.25) is 4.79 Å². The molecule has 6 heteroatoms. The Morgan fingerprint density at radius 3 is 2.58 bits per heavy atom. The van der Waals surface area contributed by atoms with Crippen molar-refractivity contribution in [3.8, 4) is 0 Å². The molecule has 0 spiro atoms. The van der Waals surface area contributed by atoms with Crippen molar-refractivity contribution in [1.29, 1.82) is 0 Å². The Labute approximate surface area is 113 Å². The number of carbonyl (C=O) groups is 1. The Morgan fingerprint density at radius 2 is 1.95 bits per heavy atom. The lowest BCUT2D eigenvalue weighted by Gasteiger charge is -2.08. The maximum Gasteiger partial charge on any atom is 0.258 e. The average Bonchev–Trinajstić information content (AvgIpc) is 2.37. The van der Waals surface area contributed by atoms with Gasteiger partial charge < -0.3 is 5.32 Å². The Balaban J connectivity index is 2.25. The smallest absolute Gasteiger partial charge is 0.258 e. The van der Waals surface area contributed by atoms with Crippen LogP contribution < -0.4 is 5.32 Å². The molecule has 0 aliphatic carbocycles. The van der Waals surface area contributed by atoms with Crippen molar-refractivity contribution < 1.29 is 13.6 Å². The van der Waals surface area contributed by atoms with E-state index >= 15 is 0 Å². The van der Waals surface area contributed by atoms with E-state index in [2.05, 4.69) is 10.3 Å². The van der Waals surface area contributed by atoms with E-state index < -0.39 is 17.5 Å². The van der Waals surface area contributed by atoms with Gasteiger partial charge in [0.15, 0.2) is 0 Å². The van der Waals surface area contributed by atoms with Crippen molar-refractivity contribution in [2.24, 2.45) is 0 Å². The number of thioether (sulfide) groups is 1. The van der Waals surface area contributed by atoms with Crippen molar-refractivity contribution in [3.63, 3.8) is 0 Å². The van der Waals surface area contributed by atoms with Crippen molar-refractivity contribution >= 4 is 23.4 Å². The minimum absolute atomic E-state index is 0.0680. The average molecular weight is 280 g/mol. The third-order valence-corrected chi connectivity index (χ3v) is 3.04. The van der Waals surface area contributed by atoms with Crippen LogP contribution in [0.3, 0.4) is 0 Å². The number of benzene rings is 1. The van der Waals surface area contributed by atoms with Crippen LogP contribution in [-0.2, 0) is 0 Å². The standard InChI is InChI=1S/C13H10F2N2OS/c1-19-13-11(3-2-4-16-13)12(18)17-10-6-8(14)5-9(15)7-10/h2-7H,1H3,(H,17,18). The SMILES string of the molecule is CSc1ncccc1C(=O)Nc1cc(F)cc(F)c1. The molecule has 0 bridgehead atoms. The topological polar surface area (TPSA) is 42.0 Å². The Morgan fingerprint density at radius 1 is 1.26 bits per heavy atom. The molecule has 1 N–H and O–H groups in total. The number of nitrogens with zero attached hydrogens (tertiary/aromatic N) is 1. The fourth-order valence-electron chi connectivity index (χ4n) is 1.55. The predicted molar refractivity (Wildman–Crippen MR) is 70.3 cm³/mol. The van der Waals surface area contributed by atoms with Crippen LogP contribution in [-0.4, -0.2) is 17.1 Å². The summed E-state index contributed by atoms with van der Waals surface area (Å²) in [5.74, 6) is -1.94. The lowest BCUT2D eigenvalue weighted by atomic mass is 10.2. The van der Waals surface area contributed by atoms with E-state index in [9.17, 15) is 13.6 Å². The van der Waals surface area contributed by atoms with Crippen LogP contribution in [0.25, 0.3) is 0 Å². The lowest BCUT2D eigenvalue weighted by Crippen LogP contribution is -2.13. The van der Waals surface area contributed by atoms with Crippen LogP contribution >= 0.6 is 11.8 Å². The van der Waals surface area contributed by atoms with Gasteiger partial charge >= 0.3 is 0 Å². The summed E-state index contributed by atoms with van der Waals surface area (Å²) >= 11 is 1.32. The number of pyridine rings is 1. The number of rotatable bonds is 3. The molecule has 0 saturated heterocycles. The quantitative estimate of drug-likeness (QED) is 0.877. The summed E-state index contributed by atoms with van der Waals surface area (Å²) in [6.07, 6.45) is 3.37. The van der Waals surface area contributed by atoms with Crippen LogP contribution in [0.5, 0.6) is 0 Å². The fraction of sp³-hybridized carbons (Fsp3) is 0.0769. The van der Waals surface area contributed by atoms with Crippen LogP contribution in [0.15, 0.2) is 41.6 Å². The molecule has 0 atom stereocenters. The molecule has 0 fully saturated rings. The van der Waals surface area contributed by atoms with E-state index in [1.54, 1.807) is 24.6 Å². The molecule has 1 aromatic carbocycles. The molecule has 0 unspecified atom stereocenters. The van der Waals surface area contributed by atoms with Gasteiger partial charge in [0.1, 0.15) is 16.7 Å². The second-order valence-electron chi connectivity index (χ2n) is 3.67. The summed E-state index contributed by atoms with van der Waals surface area (Å²) in [6.45, 7) is 0. The first-order valence-electron chi connectivity index (χ1n) is 5.36. The van der Waals surface area contributed by atoms with Gasteiger partial charge in [0.05, 0.1) is 5.56 Å². The summed E-state index contributed by atoms with van der Waals surface area (Å²) in [7, 11) is 0. The molecule has 1 amide bonds. The second-order valence-corrected chi connectivity index (χ2v) is 4.47. The summed E-state index contributed by atoms with van der Waals surface area (Å²) in [5, 5.41) is 2.99. The second kappa shape index (κ2) is 5.79. The highest BCUT2D eigenvalue weighted by Crippen LogP contribution is 2.19. The van der Waals surface area contributed by atoms with Gasteiger partial charge in [0, 0.05) is 18.0 Å². The molecule has 0 aliphatic heterocycles. The van der Waals surface area contributed by atoms with E-state index in [-0.39, 0.29) is 5.69 Å². The molecule has 98 valence electrons. The molecule has 3 nitrogen and oxygen atoms in total. The molecular formula is C13H10F2N2OS. The minimum atomic E-state index is -0.744. The third kappa shape index (κ3) is 3.29. The van der Waals surface area contributed by atoms with Gasteiger partial charge in [-0.25, -0.2) is 13.8 Å². The number of hydrogen-bond donors (Lipinski definition) is 1.